The van der Waals surface area contributed by atoms with Crippen LogP contribution in [0.4, 0.5) is 0 Å². The normalized spacial score (nSPS) is 10.7. The number of hydrogen-bond donors (Lipinski definition) is 0. The van der Waals surface area contributed by atoms with Crippen LogP contribution in [0.15, 0.2) is 18.2 Å². The van der Waals surface area contributed by atoms with Crippen LogP contribution in [0.1, 0.15) is 56.1 Å². The Morgan fingerprint density at radius 3 is 2.36 bits per heavy atom. The zero-order valence-corrected chi connectivity index (χ0v) is 15.9. The van der Waals surface area contributed by atoms with E-state index in [9.17, 15) is 14.4 Å². The summed E-state index contributed by atoms with van der Waals surface area (Å²) in [6, 6.07) is 5.46. The number of ether oxygens (including phenoxy) is 1. The number of carbonyl (C=O) groups is 3. The van der Waals surface area contributed by atoms with Crippen LogP contribution in [0.3, 0.4) is 0 Å². The molecular formula is C19H23NO4S. The van der Waals surface area contributed by atoms with E-state index in [1.54, 1.807) is 6.07 Å². The maximum atomic E-state index is 12.3. The minimum atomic E-state index is -0.528. The van der Waals surface area contributed by atoms with Crippen molar-refractivity contribution in [3.63, 3.8) is 0 Å². The maximum absolute atomic E-state index is 12.3. The first-order chi connectivity index (χ1) is 11.8. The predicted molar refractivity (Wildman–Crippen MR) is 97.5 cm³/mol. The number of rotatable bonds is 8. The van der Waals surface area contributed by atoms with Crippen LogP contribution in [0.5, 0.6) is 0 Å². The second-order valence-electron chi connectivity index (χ2n) is 5.95. The highest BCUT2D eigenvalue weighted by atomic mass is 32.1. The zero-order valence-electron chi connectivity index (χ0n) is 15.0. The van der Waals surface area contributed by atoms with Gasteiger partial charge in [0.25, 0.3) is 0 Å². The molecule has 2 rings (SSSR count). The van der Waals surface area contributed by atoms with E-state index in [0.29, 0.717) is 10.4 Å². The lowest BCUT2D eigenvalue weighted by Crippen LogP contribution is -2.15. The molecule has 0 unspecified atom stereocenters. The molecule has 0 spiro atoms. The number of nitrogens with zero attached hydrogens (tertiary/aromatic N) is 1. The highest BCUT2D eigenvalue weighted by Crippen LogP contribution is 2.18. The zero-order chi connectivity index (χ0) is 18.6. The number of aryl methyl sites for hydroxylation is 2. The molecule has 2 aromatic heterocycles. The Kier molecular flexibility index (Phi) is 6.31. The van der Waals surface area contributed by atoms with Gasteiger partial charge in [-0.15, -0.1) is 11.3 Å². The van der Waals surface area contributed by atoms with Crippen LogP contribution in [-0.2, 0) is 16.1 Å². The minimum absolute atomic E-state index is 0.0168. The van der Waals surface area contributed by atoms with Crippen molar-refractivity contribution in [2.24, 2.45) is 0 Å². The van der Waals surface area contributed by atoms with Crippen LogP contribution in [0.25, 0.3) is 0 Å². The van der Waals surface area contributed by atoms with E-state index in [1.165, 1.54) is 11.3 Å². The third-order valence-corrected chi connectivity index (χ3v) is 5.17. The highest BCUT2D eigenvalue weighted by molar-refractivity contribution is 7.14. The van der Waals surface area contributed by atoms with Gasteiger partial charge < -0.3 is 9.30 Å². The van der Waals surface area contributed by atoms with Gasteiger partial charge in [0.1, 0.15) is 0 Å². The van der Waals surface area contributed by atoms with Crippen molar-refractivity contribution in [2.75, 3.05) is 6.61 Å². The largest absolute Gasteiger partial charge is 0.457 e. The van der Waals surface area contributed by atoms with Crippen LogP contribution in [0.2, 0.25) is 0 Å². The summed E-state index contributed by atoms with van der Waals surface area (Å²) in [4.78, 5) is 37.7. The summed E-state index contributed by atoms with van der Waals surface area (Å²) in [5.41, 5.74) is 2.47. The lowest BCUT2D eigenvalue weighted by atomic mass is 10.1. The fourth-order valence-corrected chi connectivity index (χ4v) is 3.62. The minimum Gasteiger partial charge on any atom is -0.457 e. The number of aromatic nitrogens is 1. The summed E-state index contributed by atoms with van der Waals surface area (Å²) in [6.45, 7) is 8.26. The highest BCUT2D eigenvalue weighted by Gasteiger charge is 2.17. The molecule has 0 saturated heterocycles. The van der Waals surface area contributed by atoms with Crippen LogP contribution < -0.4 is 0 Å². The lowest BCUT2D eigenvalue weighted by molar-refractivity contribution is -0.142. The number of Topliss-reactive ketones (excluding diaryl/α,β-unsaturated/α-hetero) is 2. The van der Waals surface area contributed by atoms with Gasteiger partial charge in [-0.2, -0.15) is 0 Å². The summed E-state index contributed by atoms with van der Waals surface area (Å²) in [7, 11) is 0. The van der Waals surface area contributed by atoms with Gasteiger partial charge in [-0.3, -0.25) is 14.4 Å². The van der Waals surface area contributed by atoms with E-state index >= 15 is 0 Å². The molecule has 25 heavy (non-hydrogen) atoms. The molecule has 0 bridgehead atoms. The molecule has 0 aliphatic heterocycles. The molecule has 0 saturated carbocycles. The smallest absolute Gasteiger partial charge is 0.306 e. The molecule has 2 aromatic rings. The Labute approximate surface area is 151 Å². The van der Waals surface area contributed by atoms with Gasteiger partial charge >= 0.3 is 5.97 Å². The van der Waals surface area contributed by atoms with E-state index in [1.807, 2.05) is 44.4 Å². The van der Waals surface area contributed by atoms with Crippen molar-refractivity contribution in [3.8, 4) is 0 Å². The van der Waals surface area contributed by atoms with Gasteiger partial charge in [-0.25, -0.2) is 0 Å². The average Bonchev–Trinajstić information content (AvgIpc) is 3.13. The SMILES string of the molecule is CCn1c(C)cc(C(=O)COC(=O)CCC(=O)c2ccc(C)s2)c1C. The van der Waals surface area contributed by atoms with Crippen LogP contribution >= 0.6 is 11.3 Å². The van der Waals surface area contributed by atoms with Gasteiger partial charge in [-0.05, 0) is 45.9 Å². The molecule has 0 fully saturated rings. The number of hydrogen-bond acceptors (Lipinski definition) is 5. The lowest BCUT2D eigenvalue weighted by Gasteiger charge is -2.06. The van der Waals surface area contributed by atoms with E-state index in [-0.39, 0.29) is 31.0 Å². The summed E-state index contributed by atoms with van der Waals surface area (Å²) in [5.74, 6) is -0.825. The molecular weight excluding hydrogens is 338 g/mol. The third-order valence-electron chi connectivity index (χ3n) is 4.13. The third kappa shape index (κ3) is 4.66. The molecule has 0 aromatic carbocycles. The van der Waals surface area contributed by atoms with Gasteiger partial charge in [0, 0.05) is 34.8 Å². The van der Waals surface area contributed by atoms with E-state index < -0.39 is 5.97 Å². The molecule has 0 atom stereocenters. The van der Waals surface area contributed by atoms with Crippen molar-refractivity contribution < 1.29 is 19.1 Å². The van der Waals surface area contributed by atoms with E-state index in [2.05, 4.69) is 0 Å². The first-order valence-electron chi connectivity index (χ1n) is 8.28. The predicted octanol–water partition coefficient (Wildman–Crippen LogP) is 3.88. The first-order valence-corrected chi connectivity index (χ1v) is 9.10. The number of esters is 1. The van der Waals surface area contributed by atoms with Gasteiger partial charge in [0.15, 0.2) is 12.4 Å². The summed E-state index contributed by atoms with van der Waals surface area (Å²) >= 11 is 1.41. The fourth-order valence-electron chi connectivity index (χ4n) is 2.79. The van der Waals surface area contributed by atoms with Crippen molar-refractivity contribution in [1.82, 2.24) is 4.57 Å². The molecule has 2 heterocycles. The molecule has 0 aliphatic carbocycles. The summed E-state index contributed by atoms with van der Waals surface area (Å²) in [6.07, 6.45) is 0.0777. The summed E-state index contributed by atoms with van der Waals surface area (Å²) < 4.78 is 7.08. The molecule has 0 radical (unpaired) electrons. The van der Waals surface area contributed by atoms with Crippen molar-refractivity contribution in [3.05, 3.63) is 44.9 Å². The van der Waals surface area contributed by atoms with Crippen molar-refractivity contribution in [1.29, 1.82) is 0 Å². The maximum Gasteiger partial charge on any atom is 0.306 e. The topological polar surface area (TPSA) is 65.4 Å². The van der Waals surface area contributed by atoms with E-state index in [4.69, 9.17) is 4.74 Å². The molecule has 6 heteroatoms. The van der Waals surface area contributed by atoms with Crippen LogP contribution in [-0.4, -0.2) is 28.7 Å². The standard InChI is InChI=1S/C19H23NO4S/c1-5-20-12(2)10-15(14(20)4)17(22)11-24-19(23)9-7-16(21)18-8-6-13(3)25-18/h6,8,10H,5,7,9,11H2,1-4H3. The molecule has 0 N–H and O–H groups in total. The average molecular weight is 361 g/mol. The summed E-state index contributed by atoms with van der Waals surface area (Å²) in [5, 5.41) is 0. The number of thiophene rings is 1. The fraction of sp³-hybridized carbons (Fsp3) is 0.421. The Morgan fingerprint density at radius 2 is 1.80 bits per heavy atom. The molecule has 134 valence electrons. The second kappa shape index (κ2) is 8.25. The second-order valence-corrected chi connectivity index (χ2v) is 7.23. The monoisotopic (exact) mass is 361 g/mol. The van der Waals surface area contributed by atoms with Gasteiger partial charge in [0.05, 0.1) is 11.3 Å². The first kappa shape index (κ1) is 19.1. The Bertz CT molecular complexity index is 800. The molecule has 0 aliphatic rings. The Morgan fingerprint density at radius 1 is 1.08 bits per heavy atom. The van der Waals surface area contributed by atoms with Crippen molar-refractivity contribution in [2.45, 2.75) is 47.1 Å². The number of ketones is 2. The van der Waals surface area contributed by atoms with E-state index in [0.717, 1.165) is 22.8 Å². The van der Waals surface area contributed by atoms with Gasteiger partial charge in [-0.1, -0.05) is 0 Å². The van der Waals surface area contributed by atoms with Crippen LogP contribution in [0, 0.1) is 20.8 Å². The number of carbonyl (C=O) groups excluding carboxylic acids is 3. The quantitative estimate of drug-likeness (QED) is 0.529. The molecule has 5 nitrogen and oxygen atoms in total. The molecule has 0 amide bonds. The Hall–Kier alpha value is -2.21. The van der Waals surface area contributed by atoms with Crippen molar-refractivity contribution >= 4 is 28.9 Å². The Balaban J connectivity index is 1.83. The van der Waals surface area contributed by atoms with Gasteiger partial charge in [0.2, 0.25) is 5.78 Å².